The van der Waals surface area contributed by atoms with Gasteiger partial charge in [-0.05, 0) is 25.5 Å². The van der Waals surface area contributed by atoms with Gasteiger partial charge in [0.2, 0.25) is 5.91 Å². The second-order valence-electron chi connectivity index (χ2n) is 5.28. The first-order valence-corrected chi connectivity index (χ1v) is 6.80. The third-order valence-corrected chi connectivity index (χ3v) is 4.17. The monoisotopic (exact) mass is 278 g/mol. The summed E-state index contributed by atoms with van der Waals surface area (Å²) >= 11 is 0. The summed E-state index contributed by atoms with van der Waals surface area (Å²) in [5, 5.41) is 2.92. The SMILES string of the molecule is NNC(=O)c1occc1CN1CCCC2C(=O)NCC21. The molecule has 7 nitrogen and oxygen atoms in total. The zero-order valence-electron chi connectivity index (χ0n) is 11.1. The maximum Gasteiger partial charge on any atom is 0.301 e. The number of carbonyl (C=O) groups is 2. The van der Waals surface area contributed by atoms with Gasteiger partial charge < -0.3 is 9.73 Å². The van der Waals surface area contributed by atoms with Gasteiger partial charge in [-0.1, -0.05) is 0 Å². The van der Waals surface area contributed by atoms with Gasteiger partial charge in [0.1, 0.15) is 0 Å². The number of nitrogen functional groups attached to an aromatic ring is 1. The van der Waals surface area contributed by atoms with E-state index in [0.29, 0.717) is 13.1 Å². The first-order chi connectivity index (χ1) is 9.70. The van der Waals surface area contributed by atoms with E-state index in [2.05, 4.69) is 15.6 Å². The Balaban J connectivity index is 1.76. The minimum atomic E-state index is -0.431. The molecular formula is C13H18N4O3. The second-order valence-corrected chi connectivity index (χ2v) is 5.28. The summed E-state index contributed by atoms with van der Waals surface area (Å²) in [6, 6.07) is 1.98. The molecule has 2 saturated heterocycles. The molecule has 0 saturated carbocycles. The van der Waals surface area contributed by atoms with Gasteiger partial charge in [0.05, 0.1) is 12.2 Å². The Kier molecular flexibility index (Phi) is 3.45. The molecule has 1 aromatic heterocycles. The Hall–Kier alpha value is -1.86. The van der Waals surface area contributed by atoms with Crippen LogP contribution in [0.25, 0.3) is 0 Å². The fourth-order valence-electron chi connectivity index (χ4n) is 3.18. The van der Waals surface area contributed by atoms with Crippen LogP contribution in [0.15, 0.2) is 16.7 Å². The summed E-state index contributed by atoms with van der Waals surface area (Å²) < 4.78 is 5.19. The fourth-order valence-corrected chi connectivity index (χ4v) is 3.18. The van der Waals surface area contributed by atoms with Gasteiger partial charge in [0.25, 0.3) is 0 Å². The van der Waals surface area contributed by atoms with E-state index in [4.69, 9.17) is 10.3 Å². The molecule has 7 heteroatoms. The van der Waals surface area contributed by atoms with E-state index in [1.54, 1.807) is 6.07 Å². The van der Waals surface area contributed by atoms with Crippen molar-refractivity contribution < 1.29 is 14.0 Å². The maximum absolute atomic E-state index is 11.7. The Morgan fingerprint density at radius 1 is 1.60 bits per heavy atom. The van der Waals surface area contributed by atoms with E-state index in [1.807, 2.05) is 0 Å². The first-order valence-electron chi connectivity index (χ1n) is 6.80. The number of nitrogens with zero attached hydrogens (tertiary/aromatic N) is 1. The summed E-state index contributed by atoms with van der Waals surface area (Å²) in [7, 11) is 0. The highest BCUT2D eigenvalue weighted by Gasteiger charge is 2.40. The lowest BCUT2D eigenvalue weighted by Gasteiger charge is -2.35. The zero-order valence-corrected chi connectivity index (χ0v) is 11.1. The lowest BCUT2D eigenvalue weighted by molar-refractivity contribution is -0.124. The lowest BCUT2D eigenvalue weighted by atomic mass is 9.91. The molecule has 3 heterocycles. The van der Waals surface area contributed by atoms with Crippen molar-refractivity contribution in [2.45, 2.75) is 25.4 Å². The first kappa shape index (κ1) is 13.1. The van der Waals surface area contributed by atoms with Crippen molar-refractivity contribution in [2.75, 3.05) is 13.1 Å². The molecule has 2 unspecified atom stereocenters. The third kappa shape index (κ3) is 2.19. The minimum Gasteiger partial charge on any atom is -0.459 e. The molecule has 2 aliphatic rings. The van der Waals surface area contributed by atoms with Crippen LogP contribution in [0.4, 0.5) is 0 Å². The van der Waals surface area contributed by atoms with Crippen LogP contribution in [0.1, 0.15) is 29.0 Å². The van der Waals surface area contributed by atoms with Gasteiger partial charge in [0.15, 0.2) is 5.76 Å². The lowest BCUT2D eigenvalue weighted by Crippen LogP contribution is -2.45. The van der Waals surface area contributed by atoms with E-state index < -0.39 is 5.91 Å². The molecule has 108 valence electrons. The Morgan fingerprint density at radius 3 is 3.25 bits per heavy atom. The Labute approximate surface area is 116 Å². The number of furan rings is 1. The van der Waals surface area contributed by atoms with Crippen molar-refractivity contribution in [3.05, 3.63) is 23.7 Å². The van der Waals surface area contributed by atoms with Crippen molar-refractivity contribution in [3.63, 3.8) is 0 Å². The van der Waals surface area contributed by atoms with Crippen LogP contribution >= 0.6 is 0 Å². The molecule has 1 aromatic rings. The van der Waals surface area contributed by atoms with Crippen molar-refractivity contribution in [1.82, 2.24) is 15.6 Å². The van der Waals surface area contributed by atoms with Crippen LogP contribution < -0.4 is 16.6 Å². The number of hydrazine groups is 1. The predicted molar refractivity (Wildman–Crippen MR) is 70.3 cm³/mol. The standard InChI is InChI=1S/C13H18N4O3/c14-16-13(19)11-8(3-5-20-11)7-17-4-1-2-9-10(17)6-15-12(9)18/h3,5,9-10H,1-2,4,6-7,14H2,(H,15,18)(H,16,19). The van der Waals surface area contributed by atoms with Crippen LogP contribution in [0.2, 0.25) is 0 Å². The van der Waals surface area contributed by atoms with Gasteiger partial charge in [-0.2, -0.15) is 0 Å². The highest BCUT2D eigenvalue weighted by molar-refractivity contribution is 5.92. The fraction of sp³-hybridized carbons (Fsp3) is 0.538. The predicted octanol–water partition coefficient (Wildman–Crippen LogP) is -0.407. The molecule has 2 amide bonds. The van der Waals surface area contributed by atoms with E-state index in [-0.39, 0.29) is 23.6 Å². The van der Waals surface area contributed by atoms with Gasteiger partial charge in [-0.3, -0.25) is 19.9 Å². The number of fused-ring (bicyclic) bond motifs is 1. The summed E-state index contributed by atoms with van der Waals surface area (Å²) in [5.74, 6) is 5.17. The Morgan fingerprint density at radius 2 is 2.45 bits per heavy atom. The number of nitrogens with two attached hydrogens (primary N) is 1. The number of hydrogen-bond donors (Lipinski definition) is 3. The number of hydrogen-bond acceptors (Lipinski definition) is 5. The highest BCUT2D eigenvalue weighted by atomic mass is 16.3. The molecule has 0 aromatic carbocycles. The van der Waals surface area contributed by atoms with Crippen molar-refractivity contribution in [3.8, 4) is 0 Å². The van der Waals surface area contributed by atoms with E-state index in [1.165, 1.54) is 6.26 Å². The molecule has 3 rings (SSSR count). The van der Waals surface area contributed by atoms with Crippen LogP contribution in [0, 0.1) is 5.92 Å². The second kappa shape index (κ2) is 5.26. The molecule has 2 atom stereocenters. The summed E-state index contributed by atoms with van der Waals surface area (Å²) in [5.41, 5.74) is 2.88. The molecule has 2 fully saturated rings. The molecule has 0 bridgehead atoms. The molecule has 0 aliphatic carbocycles. The summed E-state index contributed by atoms with van der Waals surface area (Å²) in [6.45, 7) is 2.19. The van der Waals surface area contributed by atoms with Crippen molar-refractivity contribution in [1.29, 1.82) is 0 Å². The van der Waals surface area contributed by atoms with Gasteiger partial charge in [0, 0.05) is 24.7 Å². The van der Waals surface area contributed by atoms with Gasteiger partial charge >= 0.3 is 5.91 Å². The topological polar surface area (TPSA) is 101 Å². The number of carbonyl (C=O) groups excluding carboxylic acids is 2. The highest BCUT2D eigenvalue weighted by Crippen LogP contribution is 2.29. The largest absolute Gasteiger partial charge is 0.459 e. The molecule has 4 N–H and O–H groups in total. The zero-order chi connectivity index (χ0) is 14.1. The molecular weight excluding hydrogens is 260 g/mol. The van der Waals surface area contributed by atoms with Crippen LogP contribution in [0.5, 0.6) is 0 Å². The van der Waals surface area contributed by atoms with Crippen molar-refractivity contribution in [2.24, 2.45) is 11.8 Å². The molecule has 0 radical (unpaired) electrons. The number of amides is 2. The normalized spacial score (nSPS) is 26.1. The van der Waals surface area contributed by atoms with Crippen LogP contribution in [-0.2, 0) is 11.3 Å². The summed E-state index contributed by atoms with van der Waals surface area (Å²) in [4.78, 5) is 25.6. The third-order valence-electron chi connectivity index (χ3n) is 4.17. The number of piperidine rings is 1. The average molecular weight is 278 g/mol. The molecule has 0 spiro atoms. The minimum absolute atomic E-state index is 0.0717. The number of nitrogens with one attached hydrogen (secondary N) is 2. The van der Waals surface area contributed by atoms with E-state index in [0.717, 1.165) is 24.9 Å². The smallest absolute Gasteiger partial charge is 0.301 e. The quantitative estimate of drug-likeness (QED) is 0.396. The maximum atomic E-state index is 11.7. The van der Waals surface area contributed by atoms with Crippen molar-refractivity contribution >= 4 is 11.8 Å². The summed E-state index contributed by atoms with van der Waals surface area (Å²) in [6.07, 6.45) is 3.42. The Bertz CT molecular complexity index is 527. The molecule has 20 heavy (non-hydrogen) atoms. The van der Waals surface area contributed by atoms with Gasteiger partial charge in [-0.25, -0.2) is 5.84 Å². The van der Waals surface area contributed by atoms with Gasteiger partial charge in [-0.15, -0.1) is 0 Å². The molecule has 2 aliphatic heterocycles. The van der Waals surface area contributed by atoms with E-state index in [9.17, 15) is 9.59 Å². The van der Waals surface area contributed by atoms with Crippen LogP contribution in [-0.4, -0.2) is 35.8 Å². The number of rotatable bonds is 3. The van der Waals surface area contributed by atoms with Crippen LogP contribution in [0.3, 0.4) is 0 Å². The number of likely N-dealkylation sites (tertiary alicyclic amines) is 1. The van der Waals surface area contributed by atoms with E-state index >= 15 is 0 Å². The average Bonchev–Trinajstić information content (AvgIpc) is 3.06.